The van der Waals surface area contributed by atoms with E-state index in [9.17, 15) is 39.4 Å². The molecule has 2 unspecified atom stereocenters. The number of hydrogen-bond acceptors (Lipinski definition) is 8. The van der Waals surface area contributed by atoms with E-state index in [-0.39, 0.29) is 19.6 Å². The zero-order valence-corrected chi connectivity index (χ0v) is 22.4. The van der Waals surface area contributed by atoms with E-state index in [1.165, 1.54) is 13.8 Å². The van der Waals surface area contributed by atoms with Crippen LogP contribution in [0.5, 0.6) is 5.75 Å². The molecule has 39 heavy (non-hydrogen) atoms. The molecule has 11 heteroatoms. The quantitative estimate of drug-likeness (QED) is 0.237. The van der Waals surface area contributed by atoms with Crippen LogP contribution in [0.4, 0.5) is 8.78 Å². The highest BCUT2D eigenvalue weighted by molar-refractivity contribution is 6.31. The van der Waals surface area contributed by atoms with E-state index in [2.05, 4.69) is 0 Å². The standard InChI is InChI=1S/C28H35ClF2O8/c1-26(2,37)27-13-20(32)28(25(27)36,24(35)22(33)23(27)34)17-5-8-19(29)16(12-17)11-15-3-6-18(7-4-15)39-10-9-38-14-21(30)31/h3-8,12,20-25,32-37H,9-11,13-14H2,1-2H3/t20?,22-,23-,24+,25?,27-,28-/m1/s1. The van der Waals surface area contributed by atoms with Crippen LogP contribution >= 0.6 is 11.6 Å². The third kappa shape index (κ3) is 5.06. The molecular formula is C28H35ClF2O8. The van der Waals surface area contributed by atoms with Crippen molar-refractivity contribution in [2.24, 2.45) is 5.41 Å². The Kier molecular flexibility index (Phi) is 8.62. The van der Waals surface area contributed by atoms with Crippen LogP contribution in [0.1, 0.15) is 37.0 Å². The lowest BCUT2D eigenvalue weighted by molar-refractivity contribution is -0.254. The smallest absolute Gasteiger partial charge is 0.261 e. The second-order valence-electron chi connectivity index (χ2n) is 11.0. The number of alkyl halides is 2. The molecule has 0 heterocycles. The first kappa shape index (κ1) is 30.1. The summed E-state index contributed by atoms with van der Waals surface area (Å²) in [6, 6.07) is 11.8. The van der Waals surface area contributed by atoms with Gasteiger partial charge in [-0.2, -0.15) is 0 Å². The highest BCUT2D eigenvalue weighted by atomic mass is 35.5. The molecule has 2 aromatic rings. The minimum Gasteiger partial charge on any atom is -0.491 e. The van der Waals surface area contributed by atoms with E-state index in [1.54, 1.807) is 42.5 Å². The van der Waals surface area contributed by atoms with Crippen LogP contribution < -0.4 is 4.74 Å². The lowest BCUT2D eigenvalue weighted by Crippen LogP contribution is -2.72. The average molecular weight is 573 g/mol. The van der Waals surface area contributed by atoms with Gasteiger partial charge in [-0.15, -0.1) is 0 Å². The number of hydrogen-bond donors (Lipinski definition) is 6. The van der Waals surface area contributed by atoms with Gasteiger partial charge in [0.1, 0.15) is 25.1 Å². The molecule has 0 saturated heterocycles. The van der Waals surface area contributed by atoms with Gasteiger partial charge < -0.3 is 40.1 Å². The molecule has 0 spiro atoms. The van der Waals surface area contributed by atoms with Crippen molar-refractivity contribution in [1.29, 1.82) is 0 Å². The van der Waals surface area contributed by atoms with Crippen molar-refractivity contribution in [2.75, 3.05) is 19.8 Å². The molecule has 2 bridgehead atoms. The van der Waals surface area contributed by atoms with Crippen LogP contribution in [0.25, 0.3) is 0 Å². The average Bonchev–Trinajstić information content (AvgIpc) is 3.08. The van der Waals surface area contributed by atoms with Crippen LogP contribution in [0.15, 0.2) is 42.5 Å². The van der Waals surface area contributed by atoms with E-state index >= 15 is 0 Å². The fourth-order valence-electron chi connectivity index (χ4n) is 6.37. The Morgan fingerprint density at radius 2 is 1.67 bits per heavy atom. The molecule has 0 aromatic heterocycles. The topological polar surface area (TPSA) is 140 Å². The SMILES string of the molecule is CC(C)(O)[C@@]12CC(O)[C@@](c3ccc(Cl)c(Cc4ccc(OCCOCC(F)F)cc4)c3)(C1O)[C@@H](O)[C@H](O)[C@H]2O. The number of fused-ring (bicyclic) bond motifs is 2. The third-order valence-electron chi connectivity index (χ3n) is 8.43. The van der Waals surface area contributed by atoms with Gasteiger partial charge in [0, 0.05) is 5.02 Å². The molecule has 0 amide bonds. The lowest BCUT2D eigenvalue weighted by Gasteiger charge is -2.56. The van der Waals surface area contributed by atoms with Crippen molar-refractivity contribution in [2.45, 2.75) is 74.7 Å². The number of ether oxygens (including phenoxy) is 2. The molecule has 6 N–H and O–H groups in total. The Balaban J connectivity index is 1.59. The summed E-state index contributed by atoms with van der Waals surface area (Å²) in [5.41, 5.74) is -3.43. The van der Waals surface area contributed by atoms with Crippen LogP contribution in [0.2, 0.25) is 5.02 Å². The summed E-state index contributed by atoms with van der Waals surface area (Å²) in [4.78, 5) is 0. The fraction of sp³-hybridized carbons (Fsp3) is 0.571. The summed E-state index contributed by atoms with van der Waals surface area (Å²) >= 11 is 6.49. The second-order valence-corrected chi connectivity index (χ2v) is 11.4. The van der Waals surface area contributed by atoms with Gasteiger partial charge in [0.05, 0.1) is 47.5 Å². The minimum absolute atomic E-state index is 0.0280. The van der Waals surface area contributed by atoms with Gasteiger partial charge in [0.15, 0.2) is 0 Å². The molecule has 2 aromatic carbocycles. The number of benzene rings is 2. The molecule has 8 nitrogen and oxygen atoms in total. The first-order chi connectivity index (χ1) is 18.3. The van der Waals surface area contributed by atoms with Gasteiger partial charge in [0.25, 0.3) is 6.43 Å². The van der Waals surface area contributed by atoms with Crippen LogP contribution in [0.3, 0.4) is 0 Å². The van der Waals surface area contributed by atoms with Crippen LogP contribution in [-0.4, -0.2) is 93.0 Å². The first-order valence-electron chi connectivity index (χ1n) is 12.8. The predicted molar refractivity (Wildman–Crippen MR) is 138 cm³/mol. The van der Waals surface area contributed by atoms with E-state index in [1.807, 2.05) is 0 Å². The molecule has 0 aliphatic heterocycles. The monoisotopic (exact) mass is 572 g/mol. The summed E-state index contributed by atoms with van der Waals surface area (Å²) < 4.78 is 34.5. The number of aliphatic hydroxyl groups excluding tert-OH is 5. The molecule has 2 aliphatic rings. The summed E-state index contributed by atoms with van der Waals surface area (Å²) in [5, 5.41) is 67.1. The maximum absolute atomic E-state index is 12.1. The zero-order chi connectivity index (χ0) is 28.8. The predicted octanol–water partition coefficient (Wildman–Crippen LogP) is 1.81. The number of halogens is 3. The van der Waals surface area contributed by atoms with Gasteiger partial charge in [-0.1, -0.05) is 35.9 Å². The van der Waals surface area contributed by atoms with E-state index in [0.29, 0.717) is 28.3 Å². The van der Waals surface area contributed by atoms with Gasteiger partial charge in [0.2, 0.25) is 0 Å². The molecule has 4 rings (SSSR count). The maximum Gasteiger partial charge on any atom is 0.261 e. The largest absolute Gasteiger partial charge is 0.491 e. The summed E-state index contributed by atoms with van der Waals surface area (Å²) in [6.07, 6.45) is -10.6. The van der Waals surface area contributed by atoms with Crippen molar-refractivity contribution < 1.29 is 48.9 Å². The highest BCUT2D eigenvalue weighted by Gasteiger charge is 2.77. The van der Waals surface area contributed by atoms with E-state index < -0.39 is 60.0 Å². The van der Waals surface area contributed by atoms with Crippen molar-refractivity contribution in [3.05, 3.63) is 64.2 Å². The highest BCUT2D eigenvalue weighted by Crippen LogP contribution is 2.63. The van der Waals surface area contributed by atoms with Gasteiger partial charge in [-0.05, 0) is 61.6 Å². The Labute approximate surface area is 230 Å². The van der Waals surface area contributed by atoms with E-state index in [4.69, 9.17) is 21.1 Å². The summed E-state index contributed by atoms with van der Waals surface area (Å²) in [7, 11) is 0. The molecule has 2 fully saturated rings. The molecule has 216 valence electrons. The molecular weight excluding hydrogens is 538 g/mol. The third-order valence-corrected chi connectivity index (χ3v) is 8.80. The van der Waals surface area contributed by atoms with Crippen molar-refractivity contribution in [1.82, 2.24) is 0 Å². The minimum atomic E-state index is -2.53. The maximum atomic E-state index is 12.1. The van der Waals surface area contributed by atoms with Crippen molar-refractivity contribution in [3.8, 4) is 5.75 Å². The van der Waals surface area contributed by atoms with E-state index in [0.717, 1.165) is 5.56 Å². The Morgan fingerprint density at radius 3 is 2.28 bits per heavy atom. The van der Waals surface area contributed by atoms with Gasteiger partial charge >= 0.3 is 0 Å². The molecule has 2 aliphatic carbocycles. The van der Waals surface area contributed by atoms with Crippen molar-refractivity contribution in [3.63, 3.8) is 0 Å². The Hall–Kier alpha value is -1.89. The van der Waals surface area contributed by atoms with Crippen LogP contribution in [0, 0.1) is 5.41 Å². The second kappa shape index (κ2) is 11.2. The Bertz CT molecular complexity index is 1140. The normalized spacial score (nSPS) is 32.6. The van der Waals surface area contributed by atoms with Crippen LogP contribution in [-0.2, 0) is 16.6 Å². The number of aliphatic hydroxyl groups is 6. The lowest BCUT2D eigenvalue weighted by atomic mass is 9.55. The number of rotatable bonds is 10. The zero-order valence-electron chi connectivity index (χ0n) is 21.7. The molecule has 7 atom stereocenters. The van der Waals surface area contributed by atoms with Gasteiger partial charge in [-0.3, -0.25) is 0 Å². The molecule has 2 saturated carbocycles. The summed E-state index contributed by atoms with van der Waals surface area (Å²) in [6.45, 7) is 2.28. The van der Waals surface area contributed by atoms with Crippen molar-refractivity contribution >= 4 is 11.6 Å². The summed E-state index contributed by atoms with van der Waals surface area (Å²) in [5.74, 6) is 0.524. The first-order valence-corrected chi connectivity index (χ1v) is 13.1. The fourth-order valence-corrected chi connectivity index (χ4v) is 6.56. The van der Waals surface area contributed by atoms with Gasteiger partial charge in [-0.25, -0.2) is 8.78 Å². The Morgan fingerprint density at radius 1 is 1.00 bits per heavy atom. The molecule has 0 radical (unpaired) electrons.